The molecule has 17 heavy (non-hydrogen) atoms. The average molecular weight is 228 g/mol. The first kappa shape index (κ1) is 10.4. The molecule has 3 heteroatoms. The van der Waals surface area contributed by atoms with E-state index in [1.165, 1.54) is 5.56 Å². The molecule has 1 saturated carbocycles. The molecule has 0 spiro atoms. The largest absolute Gasteiger partial charge is 0.361 e. The number of carbonyl (C=O) groups excluding carboxylic acids is 1. The number of benzene rings is 1. The van der Waals surface area contributed by atoms with E-state index in [9.17, 15) is 4.79 Å². The normalized spacial score (nSPS) is 15.1. The van der Waals surface area contributed by atoms with Gasteiger partial charge in [-0.2, -0.15) is 0 Å². The van der Waals surface area contributed by atoms with Crippen LogP contribution in [0.2, 0.25) is 0 Å². The molecule has 1 aromatic carbocycles. The quantitative estimate of drug-likeness (QED) is 0.831. The van der Waals surface area contributed by atoms with E-state index in [-0.39, 0.29) is 5.91 Å². The van der Waals surface area contributed by atoms with Crippen LogP contribution in [-0.4, -0.2) is 16.9 Å². The minimum atomic E-state index is 0.133. The molecule has 88 valence electrons. The third kappa shape index (κ3) is 2.18. The Kier molecular flexibility index (Phi) is 2.39. The van der Waals surface area contributed by atoms with Crippen LogP contribution in [0.5, 0.6) is 0 Å². The summed E-state index contributed by atoms with van der Waals surface area (Å²) in [5, 5.41) is 4.17. The van der Waals surface area contributed by atoms with Crippen molar-refractivity contribution in [2.24, 2.45) is 0 Å². The fraction of sp³-hybridized carbons (Fsp3) is 0.357. The molecule has 0 radical (unpaired) electrons. The average Bonchev–Trinajstić information content (AvgIpc) is 3.01. The zero-order valence-corrected chi connectivity index (χ0v) is 9.92. The van der Waals surface area contributed by atoms with Gasteiger partial charge in [0.05, 0.1) is 6.42 Å². The first-order valence-corrected chi connectivity index (χ1v) is 6.08. The topological polar surface area (TPSA) is 44.9 Å². The highest BCUT2D eigenvalue weighted by Crippen LogP contribution is 2.21. The number of aromatic amines is 1. The summed E-state index contributed by atoms with van der Waals surface area (Å²) in [7, 11) is 0. The monoisotopic (exact) mass is 228 g/mol. The summed E-state index contributed by atoms with van der Waals surface area (Å²) in [6, 6.07) is 6.71. The summed E-state index contributed by atoms with van der Waals surface area (Å²) < 4.78 is 0. The number of nitrogens with one attached hydrogen (secondary N) is 2. The molecule has 3 nitrogen and oxygen atoms in total. The molecule has 0 bridgehead atoms. The van der Waals surface area contributed by atoms with E-state index in [0.29, 0.717) is 12.5 Å². The van der Waals surface area contributed by atoms with Crippen LogP contribution >= 0.6 is 0 Å². The molecule has 0 aliphatic heterocycles. The van der Waals surface area contributed by atoms with Gasteiger partial charge >= 0.3 is 0 Å². The molecular weight excluding hydrogens is 212 g/mol. The van der Waals surface area contributed by atoms with Crippen LogP contribution in [0.1, 0.15) is 24.0 Å². The van der Waals surface area contributed by atoms with E-state index in [1.54, 1.807) is 0 Å². The number of aryl methyl sites for hydroxylation is 1. The first-order valence-electron chi connectivity index (χ1n) is 6.08. The Morgan fingerprint density at radius 2 is 2.29 bits per heavy atom. The van der Waals surface area contributed by atoms with Gasteiger partial charge in [0.2, 0.25) is 5.91 Å². The lowest BCUT2D eigenvalue weighted by Crippen LogP contribution is -2.26. The van der Waals surface area contributed by atoms with Crippen LogP contribution in [0.4, 0.5) is 0 Å². The molecule has 1 fully saturated rings. The van der Waals surface area contributed by atoms with E-state index in [4.69, 9.17) is 0 Å². The lowest BCUT2D eigenvalue weighted by Gasteiger charge is -2.02. The zero-order chi connectivity index (χ0) is 11.8. The van der Waals surface area contributed by atoms with Crippen molar-refractivity contribution in [3.63, 3.8) is 0 Å². The molecule has 2 aromatic rings. The summed E-state index contributed by atoms with van der Waals surface area (Å²) in [5.41, 5.74) is 3.42. The van der Waals surface area contributed by atoms with Crippen LogP contribution in [0.3, 0.4) is 0 Å². The second kappa shape index (κ2) is 3.91. The van der Waals surface area contributed by atoms with Crippen LogP contribution < -0.4 is 5.32 Å². The molecule has 1 amide bonds. The van der Waals surface area contributed by atoms with Crippen molar-refractivity contribution in [1.82, 2.24) is 10.3 Å². The van der Waals surface area contributed by atoms with Crippen molar-refractivity contribution in [1.29, 1.82) is 0 Å². The van der Waals surface area contributed by atoms with Crippen LogP contribution in [0, 0.1) is 6.92 Å². The van der Waals surface area contributed by atoms with E-state index in [2.05, 4.69) is 35.4 Å². The third-order valence-electron chi connectivity index (χ3n) is 3.22. The SMILES string of the molecule is Cc1ccc2c(CC(=O)NC3CC3)c[nH]c2c1. The van der Waals surface area contributed by atoms with Crippen molar-refractivity contribution in [2.75, 3.05) is 0 Å². The fourth-order valence-corrected chi connectivity index (χ4v) is 2.13. The third-order valence-corrected chi connectivity index (χ3v) is 3.22. The van der Waals surface area contributed by atoms with Crippen LogP contribution in [0.15, 0.2) is 24.4 Å². The number of rotatable bonds is 3. The van der Waals surface area contributed by atoms with Crippen molar-refractivity contribution in [3.05, 3.63) is 35.5 Å². The van der Waals surface area contributed by atoms with Crippen LogP contribution in [-0.2, 0) is 11.2 Å². The van der Waals surface area contributed by atoms with Gasteiger partial charge in [-0.25, -0.2) is 0 Å². The number of fused-ring (bicyclic) bond motifs is 1. The minimum absolute atomic E-state index is 0.133. The van der Waals surface area contributed by atoms with Gasteiger partial charge in [0, 0.05) is 23.1 Å². The van der Waals surface area contributed by atoms with Crippen molar-refractivity contribution < 1.29 is 4.79 Å². The Hall–Kier alpha value is -1.77. The minimum Gasteiger partial charge on any atom is -0.361 e. The van der Waals surface area contributed by atoms with Gasteiger partial charge in [-0.1, -0.05) is 12.1 Å². The second-order valence-electron chi connectivity index (χ2n) is 4.88. The lowest BCUT2D eigenvalue weighted by atomic mass is 10.1. The number of hydrogen-bond donors (Lipinski definition) is 2. The Bertz CT molecular complexity index is 567. The molecule has 0 atom stereocenters. The van der Waals surface area contributed by atoms with Gasteiger partial charge < -0.3 is 10.3 Å². The summed E-state index contributed by atoms with van der Waals surface area (Å²) in [6.45, 7) is 2.07. The molecule has 2 N–H and O–H groups in total. The van der Waals surface area contributed by atoms with Gasteiger partial charge in [0.1, 0.15) is 0 Å². The van der Waals surface area contributed by atoms with Gasteiger partial charge in [-0.3, -0.25) is 4.79 Å². The van der Waals surface area contributed by atoms with Crippen molar-refractivity contribution in [3.8, 4) is 0 Å². The van der Waals surface area contributed by atoms with Gasteiger partial charge in [0.25, 0.3) is 0 Å². The van der Waals surface area contributed by atoms with Crippen molar-refractivity contribution in [2.45, 2.75) is 32.2 Å². The zero-order valence-electron chi connectivity index (χ0n) is 9.92. The molecule has 0 unspecified atom stereocenters. The Morgan fingerprint density at radius 3 is 3.06 bits per heavy atom. The summed E-state index contributed by atoms with van der Waals surface area (Å²) in [4.78, 5) is 15.0. The van der Waals surface area contributed by atoms with Gasteiger partial charge in [-0.05, 0) is 37.0 Å². The molecule has 1 aliphatic rings. The first-order chi connectivity index (χ1) is 8.22. The Labute approximate surface area is 100 Å². The number of amides is 1. The predicted molar refractivity (Wildman–Crippen MR) is 67.9 cm³/mol. The summed E-state index contributed by atoms with van der Waals surface area (Å²) >= 11 is 0. The molecule has 0 saturated heterocycles. The van der Waals surface area contributed by atoms with Crippen molar-refractivity contribution >= 4 is 16.8 Å². The van der Waals surface area contributed by atoms with Gasteiger partial charge in [-0.15, -0.1) is 0 Å². The second-order valence-corrected chi connectivity index (χ2v) is 4.88. The van der Waals surface area contributed by atoms with E-state index in [0.717, 1.165) is 29.3 Å². The smallest absolute Gasteiger partial charge is 0.224 e. The molecule has 3 rings (SSSR count). The highest BCUT2D eigenvalue weighted by Gasteiger charge is 2.23. The number of hydrogen-bond acceptors (Lipinski definition) is 1. The Morgan fingerprint density at radius 1 is 1.47 bits per heavy atom. The molecule has 1 heterocycles. The lowest BCUT2D eigenvalue weighted by molar-refractivity contribution is -0.120. The van der Waals surface area contributed by atoms with Gasteiger partial charge in [0.15, 0.2) is 0 Å². The van der Waals surface area contributed by atoms with E-state index in [1.807, 2.05) is 6.20 Å². The maximum Gasteiger partial charge on any atom is 0.224 e. The fourth-order valence-electron chi connectivity index (χ4n) is 2.13. The number of carbonyl (C=O) groups is 1. The van der Waals surface area contributed by atoms with E-state index >= 15 is 0 Å². The molecule has 1 aliphatic carbocycles. The maximum atomic E-state index is 11.7. The number of aromatic nitrogens is 1. The highest BCUT2D eigenvalue weighted by atomic mass is 16.1. The predicted octanol–water partition coefficient (Wildman–Crippen LogP) is 2.30. The summed E-state index contributed by atoms with van der Waals surface area (Å²) in [5.74, 6) is 0.133. The van der Waals surface area contributed by atoms with Crippen LogP contribution in [0.25, 0.3) is 10.9 Å². The molecular formula is C14H16N2O. The number of H-pyrrole nitrogens is 1. The molecule has 1 aromatic heterocycles. The summed E-state index contributed by atoms with van der Waals surface area (Å²) in [6.07, 6.45) is 4.69. The Balaban J connectivity index is 1.82. The maximum absolute atomic E-state index is 11.7. The van der Waals surface area contributed by atoms with E-state index < -0.39 is 0 Å². The standard InChI is InChI=1S/C14H16N2O/c1-9-2-5-12-10(8-15-13(12)6-9)7-14(17)16-11-3-4-11/h2,5-6,8,11,15H,3-4,7H2,1H3,(H,16,17). The highest BCUT2D eigenvalue weighted by molar-refractivity contribution is 5.89.